The summed E-state index contributed by atoms with van der Waals surface area (Å²) in [6.45, 7) is 0. The molecule has 1 aromatic carbocycles. The normalized spacial score (nSPS) is 16.9. The van der Waals surface area contributed by atoms with Gasteiger partial charge in [-0.15, -0.1) is 0 Å². The van der Waals surface area contributed by atoms with Crippen LogP contribution in [0, 0.1) is 117 Å². The van der Waals surface area contributed by atoms with Crippen LogP contribution < -0.4 is 0 Å². The standard InChI is InChI=1S/C6H5.2C5H5.Yb/c1-2-4-6-5-3-1;2*1-2-4-5-3-1;/h1-5H;2*1-5H;/q-1;;;+3. The van der Waals surface area contributed by atoms with Crippen LogP contribution in [0.1, 0.15) is 0 Å². The molecule has 2 aliphatic rings. The van der Waals surface area contributed by atoms with Gasteiger partial charge in [-0.2, -0.15) is 36.4 Å². The summed E-state index contributed by atoms with van der Waals surface area (Å²) in [5.74, 6) is 0. The second-order valence-corrected chi connectivity index (χ2v) is 3.00. The second-order valence-electron chi connectivity index (χ2n) is 3.00. The minimum Gasteiger partial charge on any atom is -0.184 e. The van der Waals surface area contributed by atoms with E-state index < -0.39 is 0 Å². The Morgan fingerprint density at radius 3 is 0.824 bits per heavy atom. The molecule has 0 spiro atoms. The molecule has 0 heterocycles. The summed E-state index contributed by atoms with van der Waals surface area (Å²) in [4.78, 5) is 0. The van der Waals surface area contributed by atoms with E-state index in [0.717, 1.165) is 0 Å². The van der Waals surface area contributed by atoms with Crippen molar-refractivity contribution in [2.75, 3.05) is 0 Å². The average Bonchev–Trinajstić information content (AvgIpc) is 3.10. The molecule has 11 radical (unpaired) electrons. The molecule has 0 aromatic heterocycles. The van der Waals surface area contributed by atoms with E-state index in [2.05, 4.69) is 6.07 Å². The van der Waals surface area contributed by atoms with Crippen molar-refractivity contribution in [2.45, 2.75) is 0 Å². The Bertz CT molecular complexity index is 160. The van der Waals surface area contributed by atoms with Gasteiger partial charge in [0.2, 0.25) is 0 Å². The van der Waals surface area contributed by atoms with E-state index >= 15 is 0 Å². The van der Waals surface area contributed by atoms with Crippen LogP contribution in [0.3, 0.4) is 0 Å². The van der Waals surface area contributed by atoms with Crippen molar-refractivity contribution in [1.29, 1.82) is 0 Å². The maximum absolute atomic E-state index is 2.89. The Morgan fingerprint density at radius 2 is 0.706 bits per heavy atom. The molecular weight excluding hydrogens is 365 g/mol. The maximum Gasteiger partial charge on any atom is 3.00 e. The molecule has 0 N–H and O–H groups in total. The summed E-state index contributed by atoms with van der Waals surface area (Å²) < 4.78 is 0. The van der Waals surface area contributed by atoms with Gasteiger partial charge in [0.1, 0.15) is 0 Å². The molecule has 0 atom stereocenters. The van der Waals surface area contributed by atoms with E-state index in [-0.39, 0.29) is 46.9 Å². The van der Waals surface area contributed by atoms with E-state index in [1.54, 1.807) is 0 Å². The molecular formula is C16H15Yb+2. The van der Waals surface area contributed by atoms with E-state index in [1.807, 2.05) is 94.5 Å². The molecule has 2 fully saturated rings. The van der Waals surface area contributed by atoms with Gasteiger partial charge in [-0.1, -0.05) is 0 Å². The molecule has 17 heavy (non-hydrogen) atoms. The first-order chi connectivity index (χ1) is 8.00. The zero-order valence-electron chi connectivity index (χ0n) is 9.43. The van der Waals surface area contributed by atoms with Crippen LogP contribution in [0.2, 0.25) is 0 Å². The number of hydrogen-bond acceptors (Lipinski definition) is 0. The SMILES string of the molecule is [CH]1[CH][CH][CH][CH]1.[CH]1[CH][CH][CH][CH]1.[Yb+3].[c-]1ccccc1. The molecule has 0 unspecified atom stereocenters. The minimum atomic E-state index is 0. The Hall–Kier alpha value is 0.739. The molecule has 91 valence electrons. The number of benzene rings is 1. The topological polar surface area (TPSA) is 0 Å². The second kappa shape index (κ2) is 14.8. The third-order valence-electron chi connectivity index (χ3n) is 1.72. The minimum absolute atomic E-state index is 0. The summed E-state index contributed by atoms with van der Waals surface area (Å²) >= 11 is 0. The largest absolute Gasteiger partial charge is 3.00 e. The summed E-state index contributed by atoms with van der Waals surface area (Å²) in [7, 11) is 0. The van der Waals surface area contributed by atoms with Crippen molar-refractivity contribution in [3.8, 4) is 0 Å². The van der Waals surface area contributed by atoms with Gasteiger partial charge in [-0.05, 0) is 64.2 Å². The predicted octanol–water partition coefficient (Wildman–Crippen LogP) is 3.53. The first-order valence-corrected chi connectivity index (χ1v) is 5.24. The van der Waals surface area contributed by atoms with Gasteiger partial charge in [0.25, 0.3) is 0 Å². The monoisotopic (exact) mass is 381 g/mol. The third-order valence-corrected chi connectivity index (χ3v) is 1.72. The zero-order valence-corrected chi connectivity index (χ0v) is 11.1. The fourth-order valence-electron chi connectivity index (χ4n) is 0.983. The van der Waals surface area contributed by atoms with E-state index in [1.165, 1.54) is 0 Å². The van der Waals surface area contributed by atoms with Crippen molar-refractivity contribution < 1.29 is 46.9 Å². The third kappa shape index (κ3) is 13.0. The Labute approximate surface area is 146 Å². The van der Waals surface area contributed by atoms with Crippen molar-refractivity contribution in [3.63, 3.8) is 0 Å². The first kappa shape index (κ1) is 17.7. The van der Waals surface area contributed by atoms with Crippen LogP contribution in [0.5, 0.6) is 0 Å². The van der Waals surface area contributed by atoms with E-state index in [0.29, 0.717) is 0 Å². The average molecular weight is 380 g/mol. The summed E-state index contributed by atoms with van der Waals surface area (Å²) in [6, 6.07) is 12.5. The summed E-state index contributed by atoms with van der Waals surface area (Å²) in [5.41, 5.74) is 0. The van der Waals surface area contributed by atoms with E-state index in [4.69, 9.17) is 0 Å². The smallest absolute Gasteiger partial charge is 0.184 e. The maximum atomic E-state index is 2.89. The first-order valence-electron chi connectivity index (χ1n) is 5.24. The van der Waals surface area contributed by atoms with Gasteiger partial charge in [-0.3, -0.25) is 0 Å². The molecule has 1 heteroatoms. The predicted molar refractivity (Wildman–Crippen MR) is 68.3 cm³/mol. The van der Waals surface area contributed by atoms with Crippen molar-refractivity contribution in [1.82, 2.24) is 0 Å². The molecule has 1 aromatic rings. The fraction of sp³-hybridized carbons (Fsp3) is 0. The quantitative estimate of drug-likeness (QED) is 0.604. The Kier molecular flexibility index (Phi) is 15.4. The Balaban J connectivity index is 0.000000221. The van der Waals surface area contributed by atoms with Crippen molar-refractivity contribution in [3.05, 3.63) is 101 Å². The fourth-order valence-corrected chi connectivity index (χ4v) is 0.983. The van der Waals surface area contributed by atoms with Gasteiger partial charge in [0, 0.05) is 0 Å². The van der Waals surface area contributed by atoms with Crippen LogP contribution in [0.15, 0.2) is 30.3 Å². The van der Waals surface area contributed by atoms with Crippen LogP contribution in [0.25, 0.3) is 0 Å². The van der Waals surface area contributed by atoms with Crippen molar-refractivity contribution in [2.24, 2.45) is 0 Å². The molecule has 0 nitrogen and oxygen atoms in total. The van der Waals surface area contributed by atoms with Gasteiger partial charge >= 0.3 is 46.9 Å². The van der Waals surface area contributed by atoms with Gasteiger partial charge in [0.05, 0.1) is 0 Å². The molecule has 2 aliphatic carbocycles. The van der Waals surface area contributed by atoms with Gasteiger partial charge < -0.3 is 0 Å². The molecule has 2 saturated carbocycles. The van der Waals surface area contributed by atoms with Crippen LogP contribution in [-0.4, -0.2) is 0 Å². The number of rotatable bonds is 0. The van der Waals surface area contributed by atoms with Gasteiger partial charge in [0.15, 0.2) is 0 Å². The van der Waals surface area contributed by atoms with Crippen molar-refractivity contribution >= 4 is 0 Å². The van der Waals surface area contributed by atoms with Crippen LogP contribution in [0.4, 0.5) is 0 Å². The number of hydrogen-bond donors (Lipinski definition) is 0. The van der Waals surface area contributed by atoms with Gasteiger partial charge in [-0.25, -0.2) is 0 Å². The van der Waals surface area contributed by atoms with E-state index in [9.17, 15) is 0 Å². The molecule has 3 rings (SSSR count). The molecule has 0 aliphatic heterocycles. The summed E-state index contributed by atoms with van der Waals surface area (Å²) in [6.07, 6.45) is 20.0. The van der Waals surface area contributed by atoms with Crippen LogP contribution >= 0.6 is 0 Å². The zero-order chi connectivity index (χ0) is 11.3. The van der Waals surface area contributed by atoms with Crippen LogP contribution in [-0.2, 0) is 0 Å². The molecule has 0 saturated heterocycles. The Morgan fingerprint density at radius 1 is 0.412 bits per heavy atom. The molecule has 0 amide bonds. The molecule has 0 bridgehead atoms. The summed E-state index contributed by atoms with van der Waals surface area (Å²) in [5, 5.41) is 0.